The summed E-state index contributed by atoms with van der Waals surface area (Å²) in [6.45, 7) is 1.54. The number of ether oxygens (including phenoxy) is 1. The predicted octanol–water partition coefficient (Wildman–Crippen LogP) is 4.82. The zero-order valence-corrected chi connectivity index (χ0v) is 13.8. The fourth-order valence-corrected chi connectivity index (χ4v) is 2.19. The van der Waals surface area contributed by atoms with Crippen LogP contribution in [0, 0.1) is 0 Å². The molecule has 0 N–H and O–H groups in total. The minimum Gasteiger partial charge on any atom is -0.451 e. The highest BCUT2D eigenvalue weighted by molar-refractivity contribution is 6.42. The van der Waals surface area contributed by atoms with E-state index in [0.717, 1.165) is 0 Å². The lowest BCUT2D eigenvalue weighted by Gasteiger charge is -2.10. The van der Waals surface area contributed by atoms with E-state index in [4.69, 9.17) is 27.9 Å². The van der Waals surface area contributed by atoms with Crippen LogP contribution in [0.2, 0.25) is 10.0 Å². The molecule has 2 rings (SSSR count). The average molecular weight is 349 g/mol. The van der Waals surface area contributed by atoms with Crippen molar-refractivity contribution >= 4 is 41.0 Å². The van der Waals surface area contributed by atoms with E-state index in [1.165, 1.54) is 6.08 Å². The number of carbonyl (C=O) groups is 2. The van der Waals surface area contributed by atoms with Gasteiger partial charge in [0, 0.05) is 11.6 Å². The monoisotopic (exact) mass is 348 g/mol. The Hall–Kier alpha value is -2.10. The second kappa shape index (κ2) is 7.95. The molecule has 0 saturated heterocycles. The molecule has 3 nitrogen and oxygen atoms in total. The molecule has 1 unspecified atom stereocenters. The number of hydrogen-bond acceptors (Lipinski definition) is 3. The molecule has 0 aromatic heterocycles. The highest BCUT2D eigenvalue weighted by Gasteiger charge is 2.17. The van der Waals surface area contributed by atoms with Gasteiger partial charge in [0.05, 0.1) is 10.0 Å². The number of hydrogen-bond donors (Lipinski definition) is 0. The molecule has 0 aliphatic rings. The smallest absolute Gasteiger partial charge is 0.331 e. The summed E-state index contributed by atoms with van der Waals surface area (Å²) < 4.78 is 5.11. The first-order valence-electron chi connectivity index (χ1n) is 6.90. The number of Topliss-reactive ketones (excluding diaryl/α,β-unsaturated/α-hetero) is 1. The first-order chi connectivity index (χ1) is 11.0. The molecule has 0 aliphatic carbocycles. The van der Waals surface area contributed by atoms with Crippen LogP contribution in [0.1, 0.15) is 22.8 Å². The highest BCUT2D eigenvalue weighted by Crippen LogP contribution is 2.23. The van der Waals surface area contributed by atoms with Gasteiger partial charge in [0.2, 0.25) is 5.78 Å². The average Bonchev–Trinajstić information content (AvgIpc) is 2.56. The van der Waals surface area contributed by atoms with Crippen molar-refractivity contribution in [2.75, 3.05) is 0 Å². The molecule has 0 fully saturated rings. The first kappa shape index (κ1) is 17.3. The Labute approximate surface area is 144 Å². The minimum atomic E-state index is -0.858. The molecule has 23 heavy (non-hydrogen) atoms. The van der Waals surface area contributed by atoms with Gasteiger partial charge >= 0.3 is 5.97 Å². The molecule has 0 radical (unpaired) electrons. The standard InChI is InChI=1S/C18H14Cl2O3/c1-12(18(22)14-5-3-2-4-6-14)23-17(21)10-8-13-7-9-15(19)16(20)11-13/h2-12H,1H3/b10-8+. The molecule has 2 aromatic carbocycles. The Bertz CT molecular complexity index is 739. The van der Waals surface area contributed by atoms with Crippen molar-refractivity contribution < 1.29 is 14.3 Å². The molecule has 0 heterocycles. The van der Waals surface area contributed by atoms with E-state index in [0.29, 0.717) is 21.2 Å². The first-order valence-corrected chi connectivity index (χ1v) is 7.66. The third kappa shape index (κ3) is 4.95. The van der Waals surface area contributed by atoms with Gasteiger partial charge < -0.3 is 4.74 Å². The van der Waals surface area contributed by atoms with Crippen LogP contribution in [0.5, 0.6) is 0 Å². The zero-order chi connectivity index (χ0) is 16.8. The van der Waals surface area contributed by atoms with Crippen molar-refractivity contribution in [1.82, 2.24) is 0 Å². The van der Waals surface area contributed by atoms with Crippen molar-refractivity contribution in [3.63, 3.8) is 0 Å². The van der Waals surface area contributed by atoms with E-state index in [2.05, 4.69) is 0 Å². The van der Waals surface area contributed by atoms with Gasteiger partial charge in [-0.15, -0.1) is 0 Å². The van der Waals surface area contributed by atoms with Crippen LogP contribution in [-0.4, -0.2) is 17.9 Å². The highest BCUT2D eigenvalue weighted by atomic mass is 35.5. The quantitative estimate of drug-likeness (QED) is 0.442. The number of rotatable bonds is 5. The second-order valence-corrected chi connectivity index (χ2v) is 5.63. The minimum absolute atomic E-state index is 0.248. The molecule has 118 valence electrons. The van der Waals surface area contributed by atoms with Gasteiger partial charge in [-0.1, -0.05) is 59.6 Å². The van der Waals surface area contributed by atoms with E-state index < -0.39 is 12.1 Å². The molecule has 0 amide bonds. The van der Waals surface area contributed by atoms with Crippen molar-refractivity contribution in [2.24, 2.45) is 0 Å². The zero-order valence-electron chi connectivity index (χ0n) is 12.3. The van der Waals surface area contributed by atoms with Crippen LogP contribution < -0.4 is 0 Å². The fourth-order valence-electron chi connectivity index (χ4n) is 1.88. The van der Waals surface area contributed by atoms with Gasteiger partial charge in [-0.2, -0.15) is 0 Å². The van der Waals surface area contributed by atoms with Crippen LogP contribution in [-0.2, 0) is 9.53 Å². The number of ketones is 1. The molecule has 0 saturated carbocycles. The Morgan fingerprint density at radius 1 is 1.04 bits per heavy atom. The molecule has 0 aliphatic heterocycles. The van der Waals surface area contributed by atoms with Crippen LogP contribution >= 0.6 is 23.2 Å². The second-order valence-electron chi connectivity index (χ2n) is 4.82. The largest absolute Gasteiger partial charge is 0.451 e. The van der Waals surface area contributed by atoms with E-state index in [1.807, 2.05) is 6.07 Å². The normalized spacial score (nSPS) is 12.1. The third-order valence-electron chi connectivity index (χ3n) is 3.08. The molecule has 5 heteroatoms. The third-order valence-corrected chi connectivity index (χ3v) is 3.82. The SMILES string of the molecule is CC(OC(=O)/C=C/c1ccc(Cl)c(Cl)c1)C(=O)c1ccccc1. The molecular formula is C18H14Cl2O3. The maximum atomic E-state index is 12.1. The maximum absolute atomic E-state index is 12.1. The molecule has 0 bridgehead atoms. The van der Waals surface area contributed by atoms with Crippen LogP contribution in [0.25, 0.3) is 6.08 Å². The topological polar surface area (TPSA) is 43.4 Å². The molecule has 0 spiro atoms. The number of carbonyl (C=O) groups excluding carboxylic acids is 2. The lowest BCUT2D eigenvalue weighted by Crippen LogP contribution is -2.23. The van der Waals surface area contributed by atoms with Gasteiger partial charge in [-0.3, -0.25) is 4.79 Å². The molecule has 1 atom stereocenters. The van der Waals surface area contributed by atoms with Crippen LogP contribution in [0.15, 0.2) is 54.6 Å². The summed E-state index contributed by atoms with van der Waals surface area (Å²) in [5.41, 5.74) is 1.21. The van der Waals surface area contributed by atoms with E-state index in [9.17, 15) is 9.59 Å². The van der Waals surface area contributed by atoms with E-state index >= 15 is 0 Å². The van der Waals surface area contributed by atoms with Crippen molar-refractivity contribution in [3.05, 3.63) is 75.8 Å². The Morgan fingerprint density at radius 3 is 2.39 bits per heavy atom. The van der Waals surface area contributed by atoms with Gasteiger partial charge in [-0.25, -0.2) is 4.79 Å². The number of halogens is 2. The lowest BCUT2D eigenvalue weighted by atomic mass is 10.1. The van der Waals surface area contributed by atoms with Gasteiger partial charge in [0.15, 0.2) is 6.10 Å². The fraction of sp³-hybridized carbons (Fsp3) is 0.111. The predicted molar refractivity (Wildman–Crippen MR) is 91.8 cm³/mol. The van der Waals surface area contributed by atoms with Gasteiger partial charge in [-0.05, 0) is 30.7 Å². The summed E-state index contributed by atoms with van der Waals surface area (Å²) in [6, 6.07) is 13.7. The summed E-state index contributed by atoms with van der Waals surface area (Å²) in [5.74, 6) is -0.852. The summed E-state index contributed by atoms with van der Waals surface area (Å²) in [5, 5.41) is 0.836. The van der Waals surface area contributed by atoms with E-state index in [-0.39, 0.29) is 5.78 Å². The van der Waals surface area contributed by atoms with E-state index in [1.54, 1.807) is 55.5 Å². The lowest BCUT2D eigenvalue weighted by molar-refractivity contribution is -0.140. The molecule has 2 aromatic rings. The van der Waals surface area contributed by atoms with Crippen LogP contribution in [0.3, 0.4) is 0 Å². The maximum Gasteiger partial charge on any atom is 0.331 e. The Kier molecular flexibility index (Phi) is 5.97. The Morgan fingerprint density at radius 2 is 1.74 bits per heavy atom. The van der Waals surface area contributed by atoms with Crippen molar-refractivity contribution in [3.8, 4) is 0 Å². The van der Waals surface area contributed by atoms with Gasteiger partial charge in [0.25, 0.3) is 0 Å². The van der Waals surface area contributed by atoms with Crippen molar-refractivity contribution in [2.45, 2.75) is 13.0 Å². The summed E-state index contributed by atoms with van der Waals surface area (Å²) in [6.07, 6.45) is 1.93. The summed E-state index contributed by atoms with van der Waals surface area (Å²) in [7, 11) is 0. The molecular weight excluding hydrogens is 335 g/mol. The number of benzene rings is 2. The summed E-state index contributed by atoms with van der Waals surface area (Å²) in [4.78, 5) is 23.9. The van der Waals surface area contributed by atoms with Crippen LogP contribution in [0.4, 0.5) is 0 Å². The summed E-state index contributed by atoms with van der Waals surface area (Å²) >= 11 is 11.7. The van der Waals surface area contributed by atoms with Gasteiger partial charge in [0.1, 0.15) is 0 Å². The Balaban J connectivity index is 1.97. The van der Waals surface area contributed by atoms with Crippen molar-refractivity contribution in [1.29, 1.82) is 0 Å². The number of esters is 1.